The number of nitrogens with zero attached hydrogens (tertiary/aromatic N) is 5. The van der Waals surface area contributed by atoms with Gasteiger partial charge in [-0.15, -0.1) is 0 Å². The van der Waals surface area contributed by atoms with Crippen LogP contribution in [0.1, 0.15) is 17.4 Å². The molecule has 0 aromatic carbocycles. The Morgan fingerprint density at radius 3 is 2.62 bits per heavy atom. The maximum atomic E-state index is 12.4. The molecule has 2 aromatic heterocycles. The molecule has 3 heterocycles. The maximum absolute atomic E-state index is 12.4. The van der Waals surface area contributed by atoms with Crippen LogP contribution >= 0.6 is 0 Å². The first-order valence-electron chi connectivity index (χ1n) is 8.22. The first kappa shape index (κ1) is 17.7. The molecule has 9 nitrogen and oxygen atoms in total. The summed E-state index contributed by atoms with van der Waals surface area (Å²) in [6.45, 7) is 4.08. The van der Waals surface area contributed by atoms with Crippen molar-refractivity contribution in [1.29, 1.82) is 0 Å². The highest BCUT2D eigenvalue weighted by atomic mass is 16.5. The van der Waals surface area contributed by atoms with Crippen LogP contribution in [0.5, 0.6) is 0 Å². The Morgan fingerprint density at radius 1 is 1.19 bits per heavy atom. The molecule has 2 amide bonds. The third-order valence-electron chi connectivity index (χ3n) is 3.99. The number of anilines is 3. The molecule has 26 heavy (non-hydrogen) atoms. The molecule has 0 spiro atoms. The summed E-state index contributed by atoms with van der Waals surface area (Å²) in [5.41, 5.74) is 0.786. The lowest BCUT2D eigenvalue weighted by atomic mass is 10.3. The zero-order valence-corrected chi connectivity index (χ0v) is 14.7. The zero-order valence-electron chi connectivity index (χ0n) is 14.7. The van der Waals surface area contributed by atoms with E-state index in [2.05, 4.69) is 20.3 Å². The Labute approximate surface area is 151 Å². The van der Waals surface area contributed by atoms with E-state index in [-0.39, 0.29) is 17.5 Å². The summed E-state index contributed by atoms with van der Waals surface area (Å²) >= 11 is 0. The summed E-state index contributed by atoms with van der Waals surface area (Å²) in [6, 6.07) is 4.91. The van der Waals surface area contributed by atoms with Crippen LogP contribution in [-0.2, 0) is 9.53 Å². The number of aromatic nitrogens is 3. The molecule has 1 aliphatic heterocycles. The molecule has 0 atom stereocenters. The molecule has 136 valence electrons. The van der Waals surface area contributed by atoms with Crippen molar-refractivity contribution < 1.29 is 14.3 Å². The molecule has 2 aromatic rings. The fraction of sp³-hybridized carbons (Fsp3) is 0.353. The predicted molar refractivity (Wildman–Crippen MR) is 96.3 cm³/mol. The molecule has 9 heteroatoms. The highest BCUT2D eigenvalue weighted by Gasteiger charge is 2.16. The molecule has 1 aliphatic rings. The number of hydrogen-bond acceptors (Lipinski definition) is 7. The van der Waals surface area contributed by atoms with Gasteiger partial charge in [-0.25, -0.2) is 15.0 Å². The number of carbonyl (C=O) groups is 2. The number of pyridine rings is 1. The normalized spacial score (nSPS) is 14.0. The molecule has 1 fully saturated rings. The number of carbonyl (C=O) groups excluding carboxylic acids is 2. The van der Waals surface area contributed by atoms with Crippen LogP contribution in [0.2, 0.25) is 0 Å². The summed E-state index contributed by atoms with van der Waals surface area (Å²) in [4.78, 5) is 39.9. The fourth-order valence-electron chi connectivity index (χ4n) is 2.41. The largest absolute Gasteiger partial charge is 0.378 e. The number of rotatable bonds is 4. The second kappa shape index (κ2) is 7.87. The second-order valence-corrected chi connectivity index (χ2v) is 5.78. The lowest BCUT2D eigenvalue weighted by molar-refractivity contribution is -0.116. The Bertz CT molecular complexity index is 789. The first-order valence-corrected chi connectivity index (χ1v) is 8.22. The van der Waals surface area contributed by atoms with Crippen molar-refractivity contribution in [3.63, 3.8) is 0 Å². The predicted octanol–water partition coefficient (Wildman–Crippen LogP) is 0.943. The third kappa shape index (κ3) is 4.12. The molecule has 1 saturated heterocycles. The molecule has 0 unspecified atom stereocenters. The highest BCUT2D eigenvalue weighted by molar-refractivity contribution is 6.03. The van der Waals surface area contributed by atoms with Crippen LogP contribution in [0.15, 0.2) is 30.6 Å². The van der Waals surface area contributed by atoms with Gasteiger partial charge in [0.05, 0.1) is 25.1 Å². The van der Waals surface area contributed by atoms with Crippen molar-refractivity contribution in [1.82, 2.24) is 15.0 Å². The van der Waals surface area contributed by atoms with Gasteiger partial charge in [-0.1, -0.05) is 0 Å². The van der Waals surface area contributed by atoms with Crippen molar-refractivity contribution in [2.75, 3.05) is 48.5 Å². The summed E-state index contributed by atoms with van der Waals surface area (Å²) in [5, 5.41) is 2.75. The summed E-state index contributed by atoms with van der Waals surface area (Å²) in [5.74, 6) is 0.548. The van der Waals surface area contributed by atoms with Crippen LogP contribution in [0.3, 0.4) is 0 Å². The molecule has 0 bridgehead atoms. The third-order valence-corrected chi connectivity index (χ3v) is 3.99. The molecule has 1 N–H and O–H groups in total. The van der Waals surface area contributed by atoms with E-state index in [4.69, 9.17) is 4.74 Å². The minimum Gasteiger partial charge on any atom is -0.378 e. The summed E-state index contributed by atoms with van der Waals surface area (Å²) in [7, 11) is 1.64. The fourth-order valence-corrected chi connectivity index (χ4v) is 2.41. The standard InChI is InChI=1S/C17H20N6O3/c1-12(24)22(2)15-4-3-13(11-19-15)20-16(25)14-5-6-18-17(21-14)23-7-9-26-10-8-23/h3-6,11H,7-10H2,1-2H3,(H,20,25). The quantitative estimate of drug-likeness (QED) is 0.870. The highest BCUT2D eigenvalue weighted by Crippen LogP contribution is 2.15. The lowest BCUT2D eigenvalue weighted by Gasteiger charge is -2.26. The molecular weight excluding hydrogens is 336 g/mol. The van der Waals surface area contributed by atoms with Gasteiger partial charge in [-0.3, -0.25) is 9.59 Å². The Hall–Kier alpha value is -3.07. The minimum atomic E-state index is -0.351. The van der Waals surface area contributed by atoms with Gasteiger partial charge >= 0.3 is 0 Å². The van der Waals surface area contributed by atoms with Crippen LogP contribution in [0.25, 0.3) is 0 Å². The van der Waals surface area contributed by atoms with E-state index in [1.165, 1.54) is 18.0 Å². The van der Waals surface area contributed by atoms with E-state index in [0.29, 0.717) is 43.8 Å². The zero-order chi connectivity index (χ0) is 18.5. The van der Waals surface area contributed by atoms with E-state index in [9.17, 15) is 9.59 Å². The van der Waals surface area contributed by atoms with Gasteiger partial charge in [-0.05, 0) is 18.2 Å². The average molecular weight is 356 g/mol. The number of amides is 2. The first-order chi connectivity index (χ1) is 12.5. The molecule has 3 rings (SSSR count). The summed E-state index contributed by atoms with van der Waals surface area (Å²) < 4.78 is 5.31. The van der Waals surface area contributed by atoms with Crippen molar-refractivity contribution in [2.24, 2.45) is 0 Å². The number of ether oxygens (including phenoxy) is 1. The molecule has 0 aliphatic carbocycles. The van der Waals surface area contributed by atoms with E-state index < -0.39 is 0 Å². The van der Waals surface area contributed by atoms with Crippen LogP contribution in [-0.4, -0.2) is 60.1 Å². The van der Waals surface area contributed by atoms with Crippen molar-refractivity contribution in [3.05, 3.63) is 36.3 Å². The SMILES string of the molecule is CC(=O)N(C)c1ccc(NC(=O)c2ccnc(N3CCOCC3)n2)cn1. The maximum Gasteiger partial charge on any atom is 0.274 e. The van der Waals surface area contributed by atoms with Gasteiger partial charge in [-0.2, -0.15) is 0 Å². The van der Waals surface area contributed by atoms with E-state index in [0.717, 1.165) is 0 Å². The average Bonchev–Trinajstić information content (AvgIpc) is 2.68. The van der Waals surface area contributed by atoms with Gasteiger partial charge in [0.2, 0.25) is 11.9 Å². The number of nitrogens with one attached hydrogen (secondary N) is 1. The second-order valence-electron chi connectivity index (χ2n) is 5.78. The number of hydrogen-bond donors (Lipinski definition) is 1. The van der Waals surface area contributed by atoms with Gasteiger partial charge in [0, 0.05) is 33.3 Å². The molecular formula is C17H20N6O3. The van der Waals surface area contributed by atoms with E-state index in [1.54, 1.807) is 31.4 Å². The van der Waals surface area contributed by atoms with Gasteiger partial charge in [0.25, 0.3) is 5.91 Å². The Balaban J connectivity index is 1.69. The van der Waals surface area contributed by atoms with Crippen LogP contribution in [0.4, 0.5) is 17.5 Å². The lowest BCUT2D eigenvalue weighted by Crippen LogP contribution is -2.37. The van der Waals surface area contributed by atoms with Gasteiger partial charge in [0.15, 0.2) is 0 Å². The Kier molecular flexibility index (Phi) is 5.37. The summed E-state index contributed by atoms with van der Waals surface area (Å²) in [6.07, 6.45) is 3.06. The van der Waals surface area contributed by atoms with Gasteiger partial charge in [0.1, 0.15) is 11.5 Å². The number of morpholine rings is 1. The van der Waals surface area contributed by atoms with E-state index in [1.807, 2.05) is 4.90 Å². The van der Waals surface area contributed by atoms with Crippen molar-refractivity contribution in [2.45, 2.75) is 6.92 Å². The Morgan fingerprint density at radius 2 is 1.96 bits per heavy atom. The smallest absolute Gasteiger partial charge is 0.274 e. The van der Waals surface area contributed by atoms with Crippen LogP contribution in [0, 0.1) is 0 Å². The van der Waals surface area contributed by atoms with Gasteiger partial charge < -0.3 is 19.9 Å². The van der Waals surface area contributed by atoms with Crippen molar-refractivity contribution in [3.8, 4) is 0 Å². The monoisotopic (exact) mass is 356 g/mol. The topological polar surface area (TPSA) is 101 Å². The van der Waals surface area contributed by atoms with Crippen molar-refractivity contribution >= 4 is 29.3 Å². The van der Waals surface area contributed by atoms with E-state index >= 15 is 0 Å². The minimum absolute atomic E-state index is 0.120. The molecule has 0 radical (unpaired) electrons. The molecule has 0 saturated carbocycles. The van der Waals surface area contributed by atoms with Crippen LogP contribution < -0.4 is 15.1 Å².